The molecular formula is C16H24BrN. The van der Waals surface area contributed by atoms with Crippen LogP contribution in [0.5, 0.6) is 0 Å². The van der Waals surface area contributed by atoms with Crippen molar-refractivity contribution in [3.8, 4) is 0 Å². The first-order valence-corrected chi connectivity index (χ1v) is 7.63. The molecule has 1 aliphatic heterocycles. The van der Waals surface area contributed by atoms with E-state index in [0.717, 1.165) is 6.54 Å². The van der Waals surface area contributed by atoms with Crippen LogP contribution in [0.1, 0.15) is 52.5 Å². The third-order valence-corrected chi connectivity index (χ3v) is 5.10. The van der Waals surface area contributed by atoms with Gasteiger partial charge in [0, 0.05) is 22.1 Å². The van der Waals surface area contributed by atoms with Gasteiger partial charge in [0.1, 0.15) is 0 Å². The van der Waals surface area contributed by atoms with E-state index in [2.05, 4.69) is 72.8 Å². The number of benzene rings is 1. The summed E-state index contributed by atoms with van der Waals surface area (Å²) in [4.78, 5) is 2.67. The van der Waals surface area contributed by atoms with E-state index >= 15 is 0 Å². The van der Waals surface area contributed by atoms with Crippen LogP contribution in [0.4, 0.5) is 0 Å². The average Bonchev–Trinajstić information content (AvgIpc) is 2.25. The fraction of sp³-hybridized carbons (Fsp3) is 0.625. The largest absolute Gasteiger partial charge is 0.289 e. The highest BCUT2D eigenvalue weighted by molar-refractivity contribution is 9.10. The lowest BCUT2D eigenvalue weighted by atomic mass is 9.79. The summed E-state index contributed by atoms with van der Waals surface area (Å²) in [6, 6.07) is 8.58. The topological polar surface area (TPSA) is 3.24 Å². The maximum Gasteiger partial charge on any atom is 0.0255 e. The summed E-state index contributed by atoms with van der Waals surface area (Å²) in [6.07, 6.45) is 3.92. The Kier molecular flexibility index (Phi) is 3.89. The Bertz CT molecular complexity index is 407. The van der Waals surface area contributed by atoms with Crippen molar-refractivity contribution in [3.05, 3.63) is 34.3 Å². The van der Waals surface area contributed by atoms with Crippen molar-refractivity contribution in [1.29, 1.82) is 0 Å². The number of halogens is 1. The van der Waals surface area contributed by atoms with Crippen LogP contribution in [0, 0.1) is 0 Å². The zero-order valence-electron chi connectivity index (χ0n) is 12.0. The summed E-state index contributed by atoms with van der Waals surface area (Å²) < 4.78 is 1.22. The maximum atomic E-state index is 3.67. The van der Waals surface area contributed by atoms with Gasteiger partial charge in [-0.3, -0.25) is 4.90 Å². The lowest BCUT2D eigenvalue weighted by Crippen LogP contribution is -2.57. The van der Waals surface area contributed by atoms with Crippen LogP contribution in [-0.2, 0) is 6.54 Å². The van der Waals surface area contributed by atoms with E-state index < -0.39 is 0 Å². The van der Waals surface area contributed by atoms with E-state index in [1.54, 1.807) is 0 Å². The third-order valence-electron chi connectivity index (χ3n) is 4.32. The molecule has 0 bridgehead atoms. The molecule has 1 nitrogen and oxygen atoms in total. The molecule has 0 saturated carbocycles. The Labute approximate surface area is 120 Å². The Balaban J connectivity index is 2.27. The molecule has 18 heavy (non-hydrogen) atoms. The van der Waals surface area contributed by atoms with Crippen molar-refractivity contribution in [2.75, 3.05) is 0 Å². The van der Waals surface area contributed by atoms with Gasteiger partial charge in [0.2, 0.25) is 0 Å². The van der Waals surface area contributed by atoms with Crippen molar-refractivity contribution >= 4 is 15.9 Å². The van der Waals surface area contributed by atoms with E-state index in [1.165, 1.54) is 29.3 Å². The first-order chi connectivity index (χ1) is 8.33. The van der Waals surface area contributed by atoms with Crippen LogP contribution in [0.15, 0.2) is 28.7 Å². The highest BCUT2D eigenvalue weighted by Crippen LogP contribution is 2.39. The second kappa shape index (κ2) is 4.97. The first-order valence-electron chi connectivity index (χ1n) is 6.84. The van der Waals surface area contributed by atoms with Crippen LogP contribution >= 0.6 is 15.9 Å². The summed E-state index contributed by atoms with van der Waals surface area (Å²) in [6.45, 7) is 10.5. The SMILES string of the molecule is CC1(C)CCCC(C)(C)N1Cc1ccccc1Br. The molecule has 0 N–H and O–H groups in total. The summed E-state index contributed by atoms with van der Waals surface area (Å²) in [5, 5.41) is 0. The van der Waals surface area contributed by atoms with Gasteiger partial charge in [-0.25, -0.2) is 0 Å². The van der Waals surface area contributed by atoms with Gasteiger partial charge in [-0.2, -0.15) is 0 Å². The van der Waals surface area contributed by atoms with Gasteiger partial charge < -0.3 is 0 Å². The third kappa shape index (κ3) is 2.80. The standard InChI is InChI=1S/C16H24BrN/c1-15(2)10-7-11-16(3,4)18(15)12-13-8-5-6-9-14(13)17/h5-6,8-9H,7,10-12H2,1-4H3. The molecule has 0 atom stereocenters. The molecule has 0 spiro atoms. The van der Waals surface area contributed by atoms with Gasteiger partial charge in [0.05, 0.1) is 0 Å². The molecule has 0 unspecified atom stereocenters. The van der Waals surface area contributed by atoms with Crippen molar-refractivity contribution < 1.29 is 0 Å². The monoisotopic (exact) mass is 309 g/mol. The zero-order chi connectivity index (χ0) is 13.4. The Morgan fingerprint density at radius 3 is 2.17 bits per heavy atom. The van der Waals surface area contributed by atoms with Gasteiger partial charge in [-0.1, -0.05) is 34.1 Å². The van der Waals surface area contributed by atoms with Crippen molar-refractivity contribution in [1.82, 2.24) is 4.90 Å². The number of piperidine rings is 1. The van der Waals surface area contributed by atoms with Crippen molar-refractivity contribution in [3.63, 3.8) is 0 Å². The van der Waals surface area contributed by atoms with E-state index in [9.17, 15) is 0 Å². The van der Waals surface area contributed by atoms with Crippen LogP contribution < -0.4 is 0 Å². The van der Waals surface area contributed by atoms with Gasteiger partial charge in [0.25, 0.3) is 0 Å². The molecule has 1 aliphatic rings. The molecule has 1 heterocycles. The van der Waals surface area contributed by atoms with E-state index in [1.807, 2.05) is 0 Å². The molecule has 1 aromatic rings. The predicted octanol–water partition coefficient (Wildman–Crippen LogP) is 4.99. The van der Waals surface area contributed by atoms with Crippen molar-refractivity contribution in [2.24, 2.45) is 0 Å². The molecule has 2 rings (SSSR count). The molecule has 1 fully saturated rings. The Hall–Kier alpha value is -0.340. The van der Waals surface area contributed by atoms with Crippen molar-refractivity contribution in [2.45, 2.75) is 64.6 Å². The number of hydrogen-bond acceptors (Lipinski definition) is 1. The minimum Gasteiger partial charge on any atom is -0.289 e. The normalized spacial score (nSPS) is 22.9. The van der Waals surface area contributed by atoms with Crippen LogP contribution in [-0.4, -0.2) is 16.0 Å². The number of nitrogens with zero attached hydrogens (tertiary/aromatic N) is 1. The van der Waals surface area contributed by atoms with Gasteiger partial charge >= 0.3 is 0 Å². The molecule has 100 valence electrons. The highest BCUT2D eigenvalue weighted by atomic mass is 79.9. The Morgan fingerprint density at radius 2 is 1.61 bits per heavy atom. The summed E-state index contributed by atoms with van der Waals surface area (Å²) in [5.74, 6) is 0. The lowest BCUT2D eigenvalue weighted by molar-refractivity contribution is -0.0342. The summed E-state index contributed by atoms with van der Waals surface area (Å²) >= 11 is 3.67. The lowest BCUT2D eigenvalue weighted by Gasteiger charge is -2.53. The van der Waals surface area contributed by atoms with Gasteiger partial charge in [-0.05, 0) is 58.6 Å². The minimum absolute atomic E-state index is 0.289. The Morgan fingerprint density at radius 1 is 1.06 bits per heavy atom. The maximum absolute atomic E-state index is 3.67. The van der Waals surface area contributed by atoms with E-state index in [-0.39, 0.29) is 11.1 Å². The molecule has 0 aromatic heterocycles. The highest BCUT2D eigenvalue weighted by Gasteiger charge is 2.40. The smallest absolute Gasteiger partial charge is 0.0255 e. The average molecular weight is 310 g/mol. The number of likely N-dealkylation sites (tertiary alicyclic amines) is 1. The minimum atomic E-state index is 0.289. The fourth-order valence-corrected chi connectivity index (χ4v) is 3.68. The van der Waals surface area contributed by atoms with Crippen LogP contribution in [0.3, 0.4) is 0 Å². The van der Waals surface area contributed by atoms with E-state index in [0.29, 0.717) is 0 Å². The summed E-state index contributed by atoms with van der Waals surface area (Å²) in [7, 11) is 0. The predicted molar refractivity (Wildman–Crippen MR) is 81.7 cm³/mol. The van der Waals surface area contributed by atoms with E-state index in [4.69, 9.17) is 0 Å². The second-order valence-corrected chi connectivity index (χ2v) is 7.51. The molecule has 1 saturated heterocycles. The molecule has 1 aromatic carbocycles. The molecule has 2 heteroatoms. The summed E-state index contributed by atoms with van der Waals surface area (Å²) in [5.41, 5.74) is 1.97. The molecule has 0 aliphatic carbocycles. The molecular weight excluding hydrogens is 286 g/mol. The van der Waals surface area contributed by atoms with Gasteiger partial charge in [0.15, 0.2) is 0 Å². The van der Waals surface area contributed by atoms with Crippen LogP contribution in [0.2, 0.25) is 0 Å². The van der Waals surface area contributed by atoms with Crippen LogP contribution in [0.25, 0.3) is 0 Å². The number of hydrogen-bond donors (Lipinski definition) is 0. The molecule has 0 amide bonds. The second-order valence-electron chi connectivity index (χ2n) is 6.66. The quantitative estimate of drug-likeness (QED) is 0.743. The number of rotatable bonds is 2. The first kappa shape index (κ1) is 14.1. The van der Waals surface area contributed by atoms with Gasteiger partial charge in [-0.15, -0.1) is 0 Å². The fourth-order valence-electron chi connectivity index (χ4n) is 3.27. The molecule has 0 radical (unpaired) electrons. The zero-order valence-corrected chi connectivity index (χ0v) is 13.5.